The number of carbonyl (C=O) groups is 2. The van der Waals surface area contributed by atoms with E-state index in [1.807, 2.05) is 0 Å². The molecule has 36 heavy (non-hydrogen) atoms. The Hall–Kier alpha value is -3.90. The minimum Gasteiger partial charge on any atom is -0.442 e. The van der Waals surface area contributed by atoms with Gasteiger partial charge in [0.05, 0.1) is 13.2 Å². The quantitative estimate of drug-likeness (QED) is 0.420. The summed E-state index contributed by atoms with van der Waals surface area (Å²) in [6.45, 7) is 10.5. The number of fused-ring (bicyclic) bond motifs is 2. The standard InChI is InChI=1S/2C12H15N3O3/c1-12(2,3)18-11(17)15-10-5-4-8(7-16)6-9(10)13-14-15;1-12(2,3)18-11(17)15-10-6-8(7-16)4-5-9(10)13-14-15/h2*4-6,16H,7H2,1-3H3. The van der Waals surface area contributed by atoms with Crippen LogP contribution >= 0.6 is 0 Å². The van der Waals surface area contributed by atoms with E-state index in [9.17, 15) is 9.59 Å². The summed E-state index contributed by atoms with van der Waals surface area (Å²) >= 11 is 0. The fourth-order valence-corrected chi connectivity index (χ4v) is 3.01. The Labute approximate surface area is 207 Å². The monoisotopic (exact) mass is 498 g/mol. The summed E-state index contributed by atoms with van der Waals surface area (Å²) in [6.07, 6.45) is -1.15. The molecule has 0 bridgehead atoms. The zero-order valence-corrected chi connectivity index (χ0v) is 21.1. The lowest BCUT2D eigenvalue weighted by atomic mass is 10.2. The predicted molar refractivity (Wildman–Crippen MR) is 130 cm³/mol. The topological polar surface area (TPSA) is 154 Å². The number of nitrogens with zero attached hydrogens (tertiary/aromatic N) is 6. The Morgan fingerprint density at radius 1 is 0.722 bits per heavy atom. The van der Waals surface area contributed by atoms with E-state index in [0.29, 0.717) is 27.6 Å². The smallest absolute Gasteiger partial charge is 0.437 e. The number of hydrogen-bond donors (Lipinski definition) is 2. The first-order valence-electron chi connectivity index (χ1n) is 11.2. The number of carbonyl (C=O) groups excluding carboxylic acids is 2. The van der Waals surface area contributed by atoms with Crippen molar-refractivity contribution in [3.8, 4) is 0 Å². The number of benzene rings is 2. The first-order chi connectivity index (χ1) is 16.8. The van der Waals surface area contributed by atoms with Crippen LogP contribution in [0.3, 0.4) is 0 Å². The van der Waals surface area contributed by atoms with Gasteiger partial charge in [-0.15, -0.1) is 19.6 Å². The van der Waals surface area contributed by atoms with E-state index in [4.69, 9.17) is 19.7 Å². The SMILES string of the molecule is CC(C)(C)OC(=O)n1nnc2cc(CO)ccc21.CC(C)(C)OC(=O)n1nnc2ccc(CO)cc21. The van der Waals surface area contributed by atoms with E-state index in [1.165, 1.54) is 0 Å². The number of ether oxygens (including phenoxy) is 2. The summed E-state index contributed by atoms with van der Waals surface area (Å²) in [5.41, 5.74) is 2.45. The second-order valence-electron chi connectivity index (χ2n) is 9.93. The van der Waals surface area contributed by atoms with Gasteiger partial charge in [0, 0.05) is 0 Å². The summed E-state index contributed by atoms with van der Waals surface area (Å²) in [4.78, 5) is 23.8. The van der Waals surface area contributed by atoms with E-state index in [0.717, 1.165) is 14.9 Å². The molecule has 4 aromatic rings. The van der Waals surface area contributed by atoms with Crippen molar-refractivity contribution in [3.05, 3.63) is 47.5 Å². The van der Waals surface area contributed by atoms with Crippen LogP contribution in [0.5, 0.6) is 0 Å². The van der Waals surface area contributed by atoms with Gasteiger partial charge in [0.25, 0.3) is 0 Å². The molecule has 2 N–H and O–H groups in total. The maximum atomic E-state index is 11.9. The van der Waals surface area contributed by atoms with Crippen molar-refractivity contribution in [2.75, 3.05) is 0 Å². The van der Waals surface area contributed by atoms with Crippen molar-refractivity contribution in [1.29, 1.82) is 0 Å². The highest BCUT2D eigenvalue weighted by molar-refractivity contribution is 5.86. The van der Waals surface area contributed by atoms with E-state index < -0.39 is 23.4 Å². The Bertz CT molecular complexity index is 1380. The van der Waals surface area contributed by atoms with E-state index in [-0.39, 0.29) is 13.2 Å². The zero-order valence-electron chi connectivity index (χ0n) is 21.1. The Morgan fingerprint density at radius 3 is 1.72 bits per heavy atom. The van der Waals surface area contributed by atoms with E-state index in [1.54, 1.807) is 77.9 Å². The average molecular weight is 499 g/mol. The number of hydrogen-bond acceptors (Lipinski definition) is 10. The van der Waals surface area contributed by atoms with Gasteiger partial charge in [-0.05, 0) is 76.9 Å². The molecule has 0 saturated heterocycles. The molecule has 2 aromatic heterocycles. The molecule has 4 rings (SSSR count). The lowest BCUT2D eigenvalue weighted by Crippen LogP contribution is -2.27. The van der Waals surface area contributed by atoms with Crippen LogP contribution in [-0.2, 0) is 22.7 Å². The molecule has 0 amide bonds. The third-order valence-electron chi connectivity index (χ3n) is 4.52. The summed E-state index contributed by atoms with van der Waals surface area (Å²) in [5.74, 6) is 0. The van der Waals surface area contributed by atoms with Gasteiger partial charge < -0.3 is 19.7 Å². The fraction of sp³-hybridized carbons (Fsp3) is 0.417. The highest BCUT2D eigenvalue weighted by atomic mass is 16.6. The van der Waals surface area contributed by atoms with Gasteiger partial charge in [-0.25, -0.2) is 9.59 Å². The van der Waals surface area contributed by atoms with Crippen molar-refractivity contribution in [2.24, 2.45) is 0 Å². The predicted octanol–water partition coefficient (Wildman–Crippen LogP) is 3.41. The molecule has 0 radical (unpaired) electrons. The first kappa shape index (κ1) is 26.7. The second kappa shape index (κ2) is 10.4. The number of aromatic nitrogens is 6. The minimum atomic E-state index is -0.593. The third kappa shape index (κ3) is 6.61. The maximum Gasteiger partial charge on any atom is 0.437 e. The molecule has 2 aromatic carbocycles. The number of aliphatic hydroxyl groups excluding tert-OH is 2. The molecule has 12 nitrogen and oxygen atoms in total. The molecule has 0 atom stereocenters. The van der Waals surface area contributed by atoms with Crippen molar-refractivity contribution < 1.29 is 29.3 Å². The van der Waals surface area contributed by atoms with Crippen molar-refractivity contribution >= 4 is 34.3 Å². The lowest BCUT2D eigenvalue weighted by molar-refractivity contribution is 0.0508. The van der Waals surface area contributed by atoms with E-state index >= 15 is 0 Å². The summed E-state index contributed by atoms with van der Waals surface area (Å²) in [6, 6.07) is 10.2. The van der Waals surface area contributed by atoms with Crippen LogP contribution in [-0.4, -0.2) is 63.6 Å². The summed E-state index contributed by atoms with van der Waals surface area (Å²) < 4.78 is 12.7. The third-order valence-corrected chi connectivity index (χ3v) is 4.52. The van der Waals surface area contributed by atoms with Gasteiger partial charge in [-0.3, -0.25) is 0 Å². The zero-order chi connectivity index (χ0) is 26.7. The molecule has 0 fully saturated rings. The molecule has 0 spiro atoms. The van der Waals surface area contributed by atoms with Crippen molar-refractivity contribution in [2.45, 2.75) is 66.0 Å². The van der Waals surface area contributed by atoms with Crippen LogP contribution in [0.2, 0.25) is 0 Å². The molecular weight excluding hydrogens is 468 g/mol. The molecule has 0 aliphatic heterocycles. The number of aliphatic hydroxyl groups is 2. The molecule has 2 heterocycles. The molecule has 192 valence electrons. The molecule has 0 unspecified atom stereocenters. The molecule has 0 aliphatic carbocycles. The largest absolute Gasteiger partial charge is 0.442 e. The van der Waals surface area contributed by atoms with Gasteiger partial charge in [-0.1, -0.05) is 22.6 Å². The van der Waals surface area contributed by atoms with Crippen molar-refractivity contribution in [1.82, 2.24) is 30.0 Å². The highest BCUT2D eigenvalue weighted by Crippen LogP contribution is 2.17. The fourth-order valence-electron chi connectivity index (χ4n) is 3.01. The minimum absolute atomic E-state index is 0.0742. The lowest BCUT2D eigenvalue weighted by Gasteiger charge is -2.18. The molecule has 0 saturated carbocycles. The summed E-state index contributed by atoms with van der Waals surface area (Å²) in [5, 5.41) is 33.4. The van der Waals surface area contributed by atoms with Crippen LogP contribution in [0.1, 0.15) is 52.7 Å². The Kier molecular flexibility index (Phi) is 7.70. The van der Waals surface area contributed by atoms with Gasteiger partial charge in [0.15, 0.2) is 0 Å². The maximum absolute atomic E-state index is 11.9. The van der Waals surface area contributed by atoms with Gasteiger partial charge in [-0.2, -0.15) is 0 Å². The number of rotatable bonds is 2. The van der Waals surface area contributed by atoms with Crippen LogP contribution in [0.15, 0.2) is 36.4 Å². The van der Waals surface area contributed by atoms with Crippen LogP contribution in [0.25, 0.3) is 22.1 Å². The first-order valence-corrected chi connectivity index (χ1v) is 11.2. The van der Waals surface area contributed by atoms with Crippen LogP contribution < -0.4 is 0 Å². The Balaban J connectivity index is 0.000000201. The average Bonchev–Trinajstić information content (AvgIpc) is 3.40. The van der Waals surface area contributed by atoms with Crippen LogP contribution in [0.4, 0.5) is 9.59 Å². The second-order valence-corrected chi connectivity index (χ2v) is 9.93. The Morgan fingerprint density at radius 2 is 1.19 bits per heavy atom. The molecule has 0 aliphatic rings. The van der Waals surface area contributed by atoms with Crippen LogP contribution in [0, 0.1) is 0 Å². The van der Waals surface area contributed by atoms with Gasteiger partial charge in [0.2, 0.25) is 0 Å². The van der Waals surface area contributed by atoms with E-state index in [2.05, 4.69) is 20.6 Å². The van der Waals surface area contributed by atoms with Gasteiger partial charge >= 0.3 is 12.2 Å². The van der Waals surface area contributed by atoms with Gasteiger partial charge in [0.1, 0.15) is 33.3 Å². The molecular formula is C24H30N6O6. The molecule has 12 heteroatoms. The highest BCUT2D eigenvalue weighted by Gasteiger charge is 2.21. The normalized spacial score (nSPS) is 11.8. The summed E-state index contributed by atoms with van der Waals surface area (Å²) in [7, 11) is 0. The van der Waals surface area contributed by atoms with Crippen molar-refractivity contribution in [3.63, 3.8) is 0 Å².